The zero-order valence-electron chi connectivity index (χ0n) is 17.4. The fourth-order valence-corrected chi connectivity index (χ4v) is 3.44. The van der Waals surface area contributed by atoms with E-state index in [4.69, 9.17) is 14.2 Å². The third kappa shape index (κ3) is 5.85. The van der Waals surface area contributed by atoms with Gasteiger partial charge in [0, 0.05) is 45.7 Å². The van der Waals surface area contributed by atoms with E-state index in [0.717, 1.165) is 11.5 Å². The Morgan fingerprint density at radius 1 is 0.833 bits per heavy atom. The van der Waals surface area contributed by atoms with Crippen LogP contribution in [0.25, 0.3) is 0 Å². The Morgan fingerprint density at radius 2 is 1.37 bits per heavy atom. The Kier molecular flexibility index (Phi) is 7.89. The highest BCUT2D eigenvalue weighted by molar-refractivity contribution is 6.34. The summed E-state index contributed by atoms with van der Waals surface area (Å²) in [5, 5.41) is 0. The molecular weight excluding hydrogens is 390 g/mol. The number of hydrogen-bond donors (Lipinski definition) is 0. The lowest BCUT2D eigenvalue weighted by Gasteiger charge is -2.36. The minimum atomic E-state index is -0.489. The van der Waals surface area contributed by atoms with Gasteiger partial charge in [-0.15, -0.1) is 0 Å². The van der Waals surface area contributed by atoms with Gasteiger partial charge in [0.2, 0.25) is 5.91 Å². The Labute approximate surface area is 176 Å². The van der Waals surface area contributed by atoms with Gasteiger partial charge in [0.05, 0.1) is 26.9 Å². The third-order valence-electron chi connectivity index (χ3n) is 5.26. The van der Waals surface area contributed by atoms with E-state index in [1.807, 2.05) is 24.3 Å². The molecule has 9 nitrogen and oxygen atoms in total. The summed E-state index contributed by atoms with van der Waals surface area (Å²) < 4.78 is 16.0. The van der Waals surface area contributed by atoms with Crippen LogP contribution in [0, 0.1) is 0 Å². The zero-order chi connectivity index (χ0) is 21.3. The molecule has 30 heavy (non-hydrogen) atoms. The van der Waals surface area contributed by atoms with E-state index in [2.05, 4.69) is 0 Å². The van der Waals surface area contributed by atoms with E-state index in [0.29, 0.717) is 71.9 Å². The second-order valence-electron chi connectivity index (χ2n) is 7.21. The van der Waals surface area contributed by atoms with Crippen LogP contribution in [0.2, 0.25) is 0 Å². The molecular formula is C21H29N3O6. The van der Waals surface area contributed by atoms with Crippen molar-refractivity contribution < 1.29 is 28.6 Å². The number of rotatable bonds is 6. The number of ether oxygens (including phenoxy) is 3. The lowest BCUT2D eigenvalue weighted by atomic mass is 10.2. The van der Waals surface area contributed by atoms with Crippen LogP contribution in [0.4, 0.5) is 0 Å². The van der Waals surface area contributed by atoms with E-state index < -0.39 is 11.8 Å². The summed E-state index contributed by atoms with van der Waals surface area (Å²) in [5.41, 5.74) is 0. The fourth-order valence-electron chi connectivity index (χ4n) is 3.44. The molecule has 9 heteroatoms. The highest BCUT2D eigenvalue weighted by Crippen LogP contribution is 2.17. The molecule has 3 amide bonds. The van der Waals surface area contributed by atoms with Gasteiger partial charge in [-0.25, -0.2) is 0 Å². The maximum atomic E-state index is 12.4. The van der Waals surface area contributed by atoms with Gasteiger partial charge in [-0.05, 0) is 30.7 Å². The van der Waals surface area contributed by atoms with Crippen LogP contribution in [-0.4, -0.2) is 98.6 Å². The van der Waals surface area contributed by atoms with Gasteiger partial charge in [0.25, 0.3) is 0 Å². The first-order valence-electron chi connectivity index (χ1n) is 10.3. The van der Waals surface area contributed by atoms with Gasteiger partial charge in [-0.2, -0.15) is 0 Å². The Hall–Kier alpha value is -2.81. The Bertz CT molecular complexity index is 725. The minimum Gasteiger partial charge on any atom is -0.497 e. The summed E-state index contributed by atoms with van der Waals surface area (Å²) >= 11 is 0. The molecule has 2 aliphatic rings. The van der Waals surface area contributed by atoms with Gasteiger partial charge in [-0.1, -0.05) is 0 Å². The minimum absolute atomic E-state index is 0.0416. The van der Waals surface area contributed by atoms with E-state index >= 15 is 0 Å². The van der Waals surface area contributed by atoms with Gasteiger partial charge in [-0.3, -0.25) is 14.4 Å². The van der Waals surface area contributed by atoms with Crippen molar-refractivity contribution in [2.75, 3.05) is 66.2 Å². The SMILES string of the molecule is COc1ccc(OCCCC(=O)N2CCN(C(=O)C(=O)N3CCOCC3)CC2)cc1. The molecule has 0 spiro atoms. The number of amides is 3. The monoisotopic (exact) mass is 419 g/mol. The first-order valence-corrected chi connectivity index (χ1v) is 10.3. The number of piperazine rings is 1. The van der Waals surface area contributed by atoms with Crippen LogP contribution in [0.1, 0.15) is 12.8 Å². The predicted molar refractivity (Wildman–Crippen MR) is 108 cm³/mol. The second-order valence-corrected chi connectivity index (χ2v) is 7.21. The van der Waals surface area contributed by atoms with Crippen LogP contribution >= 0.6 is 0 Å². The highest BCUT2D eigenvalue weighted by atomic mass is 16.5. The average Bonchev–Trinajstić information content (AvgIpc) is 2.81. The lowest BCUT2D eigenvalue weighted by Crippen LogP contribution is -2.55. The lowest BCUT2D eigenvalue weighted by molar-refractivity contribution is -0.155. The summed E-state index contributed by atoms with van der Waals surface area (Å²) in [6, 6.07) is 7.31. The van der Waals surface area contributed by atoms with Crippen LogP contribution in [0.3, 0.4) is 0 Å². The van der Waals surface area contributed by atoms with Crippen molar-refractivity contribution in [3.63, 3.8) is 0 Å². The van der Waals surface area contributed by atoms with Gasteiger partial charge >= 0.3 is 11.8 Å². The number of nitrogens with zero attached hydrogens (tertiary/aromatic N) is 3. The predicted octanol–water partition coefficient (Wildman–Crippen LogP) is 0.384. The van der Waals surface area contributed by atoms with E-state index in [-0.39, 0.29) is 5.91 Å². The summed E-state index contributed by atoms with van der Waals surface area (Å²) in [7, 11) is 1.61. The van der Waals surface area contributed by atoms with Crippen LogP contribution in [0.15, 0.2) is 24.3 Å². The number of carbonyl (C=O) groups is 3. The van der Waals surface area contributed by atoms with Crippen molar-refractivity contribution in [1.82, 2.24) is 14.7 Å². The molecule has 164 valence electrons. The molecule has 1 aromatic carbocycles. The van der Waals surface area contributed by atoms with Crippen LogP contribution < -0.4 is 9.47 Å². The Balaban J connectivity index is 1.34. The smallest absolute Gasteiger partial charge is 0.312 e. The van der Waals surface area contributed by atoms with Crippen LogP contribution in [0.5, 0.6) is 11.5 Å². The molecule has 0 N–H and O–H groups in total. The number of methoxy groups -OCH3 is 1. The number of hydrogen-bond acceptors (Lipinski definition) is 6. The largest absolute Gasteiger partial charge is 0.497 e. The molecule has 2 heterocycles. The normalized spacial score (nSPS) is 16.9. The van der Waals surface area contributed by atoms with E-state index in [9.17, 15) is 14.4 Å². The Morgan fingerprint density at radius 3 is 1.97 bits per heavy atom. The molecule has 2 fully saturated rings. The molecule has 0 aliphatic carbocycles. The van der Waals surface area contributed by atoms with Gasteiger partial charge < -0.3 is 28.9 Å². The first kappa shape index (κ1) is 21.9. The van der Waals surface area contributed by atoms with Gasteiger partial charge in [0.1, 0.15) is 11.5 Å². The maximum absolute atomic E-state index is 12.4. The quantitative estimate of drug-likeness (QED) is 0.489. The van der Waals surface area contributed by atoms with E-state index in [1.54, 1.807) is 12.0 Å². The van der Waals surface area contributed by atoms with Crippen molar-refractivity contribution in [3.8, 4) is 11.5 Å². The molecule has 1 aromatic rings. The number of carbonyl (C=O) groups excluding carboxylic acids is 3. The van der Waals surface area contributed by atoms with Crippen molar-refractivity contribution in [2.45, 2.75) is 12.8 Å². The zero-order valence-corrected chi connectivity index (χ0v) is 17.4. The maximum Gasteiger partial charge on any atom is 0.312 e. The first-order chi connectivity index (χ1) is 14.6. The third-order valence-corrected chi connectivity index (χ3v) is 5.26. The van der Waals surface area contributed by atoms with Crippen LogP contribution in [-0.2, 0) is 19.1 Å². The topological polar surface area (TPSA) is 88.6 Å². The molecule has 3 rings (SSSR count). The molecule has 2 saturated heterocycles. The summed E-state index contributed by atoms with van der Waals surface area (Å²) in [6.45, 7) is 3.91. The summed E-state index contributed by atoms with van der Waals surface area (Å²) in [6.07, 6.45) is 0.996. The van der Waals surface area contributed by atoms with Crippen molar-refractivity contribution in [3.05, 3.63) is 24.3 Å². The van der Waals surface area contributed by atoms with Gasteiger partial charge in [0.15, 0.2) is 0 Å². The summed E-state index contributed by atoms with van der Waals surface area (Å²) in [5.74, 6) is 0.577. The summed E-state index contributed by atoms with van der Waals surface area (Å²) in [4.78, 5) is 42.0. The molecule has 0 atom stereocenters. The van der Waals surface area contributed by atoms with Crippen molar-refractivity contribution >= 4 is 17.7 Å². The molecule has 0 unspecified atom stereocenters. The number of benzene rings is 1. The average molecular weight is 419 g/mol. The molecule has 0 saturated carbocycles. The van der Waals surface area contributed by atoms with E-state index in [1.165, 1.54) is 9.80 Å². The molecule has 0 bridgehead atoms. The second kappa shape index (κ2) is 10.8. The molecule has 0 aromatic heterocycles. The fraction of sp³-hybridized carbons (Fsp3) is 0.571. The standard InChI is InChI=1S/C21H29N3O6/c1-28-17-4-6-18(7-5-17)30-14-2-3-19(25)22-8-10-23(11-9-22)20(26)21(27)24-12-15-29-16-13-24/h4-7H,2-3,8-16H2,1H3. The molecule has 0 radical (unpaired) electrons. The molecule has 2 aliphatic heterocycles. The highest BCUT2D eigenvalue weighted by Gasteiger charge is 2.31. The van der Waals surface area contributed by atoms with Crippen molar-refractivity contribution in [1.29, 1.82) is 0 Å². The number of morpholine rings is 1. The van der Waals surface area contributed by atoms with Crippen molar-refractivity contribution in [2.24, 2.45) is 0 Å².